The van der Waals surface area contributed by atoms with Crippen LogP contribution in [-0.2, 0) is 0 Å². The van der Waals surface area contributed by atoms with Gasteiger partial charge in [0.05, 0.1) is 12.3 Å². The topological polar surface area (TPSA) is 72.0 Å². The van der Waals surface area contributed by atoms with Crippen LogP contribution < -0.4 is 15.4 Å². The van der Waals surface area contributed by atoms with E-state index in [1.54, 1.807) is 19.4 Å². The molecule has 0 fully saturated rings. The van der Waals surface area contributed by atoms with Gasteiger partial charge >= 0.3 is 0 Å². The van der Waals surface area contributed by atoms with Crippen LogP contribution in [0.1, 0.15) is 6.92 Å². The molecule has 0 radical (unpaired) electrons. The molecule has 0 saturated carbocycles. The van der Waals surface area contributed by atoms with Crippen LogP contribution >= 0.6 is 0 Å². The summed E-state index contributed by atoms with van der Waals surface area (Å²) in [6.07, 6.45) is 3.52. The molecular weight excluding hydrogens is 302 g/mol. The van der Waals surface area contributed by atoms with Gasteiger partial charge in [-0.15, -0.1) is 0 Å². The lowest BCUT2D eigenvalue weighted by Gasteiger charge is -2.10. The first-order valence-corrected chi connectivity index (χ1v) is 7.75. The molecule has 0 aliphatic heterocycles. The molecular formula is C18H19N5O. The van der Waals surface area contributed by atoms with E-state index in [0.29, 0.717) is 18.4 Å². The first-order chi connectivity index (χ1) is 11.8. The van der Waals surface area contributed by atoms with E-state index in [1.807, 2.05) is 49.4 Å². The highest BCUT2D eigenvalue weighted by atomic mass is 16.5. The molecule has 0 bridgehead atoms. The zero-order valence-corrected chi connectivity index (χ0v) is 13.7. The molecule has 6 heteroatoms. The Balaban J connectivity index is 1.87. The number of ether oxygens (including phenoxy) is 1. The average Bonchev–Trinajstić information content (AvgIpc) is 2.64. The average molecular weight is 321 g/mol. The Hall–Kier alpha value is -3.15. The fraction of sp³-hybridized carbons (Fsp3) is 0.167. The van der Waals surface area contributed by atoms with Gasteiger partial charge in [0.2, 0.25) is 5.95 Å². The van der Waals surface area contributed by atoms with Crippen LogP contribution in [-0.4, -0.2) is 28.6 Å². The van der Waals surface area contributed by atoms with Crippen LogP contribution in [0.25, 0.3) is 11.3 Å². The molecule has 2 heterocycles. The van der Waals surface area contributed by atoms with Crippen molar-refractivity contribution in [3.05, 3.63) is 54.9 Å². The van der Waals surface area contributed by atoms with Crippen molar-refractivity contribution in [1.82, 2.24) is 15.0 Å². The van der Waals surface area contributed by atoms with E-state index in [-0.39, 0.29) is 0 Å². The summed E-state index contributed by atoms with van der Waals surface area (Å²) in [5.41, 5.74) is 2.67. The van der Waals surface area contributed by atoms with Crippen molar-refractivity contribution in [2.75, 3.05) is 24.3 Å². The predicted molar refractivity (Wildman–Crippen MR) is 95.7 cm³/mol. The number of hydrogen-bond donors (Lipinski definition) is 2. The molecule has 3 rings (SSSR count). The zero-order valence-electron chi connectivity index (χ0n) is 13.7. The normalized spacial score (nSPS) is 10.2. The van der Waals surface area contributed by atoms with Gasteiger partial charge in [-0.2, -0.15) is 4.98 Å². The van der Waals surface area contributed by atoms with Gasteiger partial charge in [0.1, 0.15) is 11.6 Å². The molecule has 0 aliphatic carbocycles. The lowest BCUT2D eigenvalue weighted by Crippen LogP contribution is -2.02. The van der Waals surface area contributed by atoms with Crippen LogP contribution in [0.4, 0.5) is 17.5 Å². The number of nitrogens with zero attached hydrogens (tertiary/aromatic N) is 3. The quantitative estimate of drug-likeness (QED) is 0.721. The molecule has 0 atom stereocenters. The molecule has 1 aromatic carbocycles. The highest BCUT2D eigenvalue weighted by Crippen LogP contribution is 2.24. The molecule has 0 saturated heterocycles. The van der Waals surface area contributed by atoms with E-state index in [4.69, 9.17) is 4.74 Å². The van der Waals surface area contributed by atoms with Gasteiger partial charge in [-0.05, 0) is 43.3 Å². The predicted octanol–water partition coefficient (Wildman–Crippen LogP) is 3.72. The molecule has 0 unspecified atom stereocenters. The third-order valence-electron chi connectivity index (χ3n) is 3.34. The van der Waals surface area contributed by atoms with Crippen LogP contribution in [0.2, 0.25) is 0 Å². The van der Waals surface area contributed by atoms with Crippen molar-refractivity contribution in [3.63, 3.8) is 0 Å². The number of hydrogen-bond acceptors (Lipinski definition) is 6. The Kier molecular flexibility index (Phi) is 4.86. The number of rotatable bonds is 6. The lowest BCUT2D eigenvalue weighted by atomic mass is 10.2. The maximum absolute atomic E-state index is 5.45. The van der Waals surface area contributed by atoms with E-state index in [0.717, 1.165) is 22.7 Å². The van der Waals surface area contributed by atoms with E-state index in [9.17, 15) is 0 Å². The summed E-state index contributed by atoms with van der Waals surface area (Å²) in [6, 6.07) is 13.5. The van der Waals surface area contributed by atoms with Gasteiger partial charge < -0.3 is 15.4 Å². The summed E-state index contributed by atoms with van der Waals surface area (Å²) in [5, 5.41) is 6.28. The van der Waals surface area contributed by atoms with E-state index in [1.165, 1.54) is 0 Å². The van der Waals surface area contributed by atoms with Crippen molar-refractivity contribution in [3.8, 4) is 17.0 Å². The van der Waals surface area contributed by atoms with Crippen LogP contribution in [0.5, 0.6) is 5.75 Å². The molecule has 0 aliphatic rings. The summed E-state index contributed by atoms with van der Waals surface area (Å²) >= 11 is 0. The standard InChI is InChI=1S/C18H19N5O/c1-3-24-15-8-6-14(7-9-15)21-17-11-16(22-18(19-2)23-17)13-5-4-10-20-12-13/h4-12H,3H2,1-2H3,(H2,19,21,22,23). The molecule has 6 nitrogen and oxygen atoms in total. The summed E-state index contributed by atoms with van der Waals surface area (Å²) in [5.74, 6) is 2.10. The van der Waals surface area contributed by atoms with Gasteiger partial charge in [0.25, 0.3) is 0 Å². The van der Waals surface area contributed by atoms with Gasteiger partial charge in [-0.25, -0.2) is 4.98 Å². The van der Waals surface area contributed by atoms with Gasteiger partial charge in [-0.1, -0.05) is 0 Å². The maximum Gasteiger partial charge on any atom is 0.224 e. The summed E-state index contributed by atoms with van der Waals surface area (Å²) < 4.78 is 5.45. The Morgan fingerprint density at radius 3 is 2.58 bits per heavy atom. The lowest BCUT2D eigenvalue weighted by molar-refractivity contribution is 0.340. The fourth-order valence-corrected chi connectivity index (χ4v) is 2.23. The van der Waals surface area contributed by atoms with Crippen molar-refractivity contribution in [2.24, 2.45) is 0 Å². The van der Waals surface area contributed by atoms with Gasteiger partial charge in [-0.3, -0.25) is 4.98 Å². The second kappa shape index (κ2) is 7.41. The molecule has 0 amide bonds. The minimum Gasteiger partial charge on any atom is -0.494 e. The van der Waals surface area contributed by atoms with Crippen LogP contribution in [0, 0.1) is 0 Å². The first kappa shape index (κ1) is 15.7. The molecule has 3 aromatic rings. The summed E-state index contributed by atoms with van der Waals surface area (Å²) in [4.78, 5) is 13.1. The highest BCUT2D eigenvalue weighted by Gasteiger charge is 2.06. The van der Waals surface area contributed by atoms with E-state index in [2.05, 4.69) is 25.6 Å². The number of anilines is 3. The minimum atomic E-state index is 0.546. The van der Waals surface area contributed by atoms with Crippen molar-refractivity contribution < 1.29 is 4.74 Å². The third kappa shape index (κ3) is 3.78. The van der Waals surface area contributed by atoms with Gasteiger partial charge in [0.15, 0.2) is 0 Å². The Morgan fingerprint density at radius 1 is 1.08 bits per heavy atom. The number of pyridine rings is 1. The SMILES string of the molecule is CCOc1ccc(Nc2cc(-c3cccnc3)nc(NC)n2)cc1. The van der Waals surface area contributed by atoms with Crippen LogP contribution in [0.15, 0.2) is 54.9 Å². The molecule has 2 aromatic heterocycles. The maximum atomic E-state index is 5.45. The minimum absolute atomic E-state index is 0.546. The van der Waals surface area contributed by atoms with Gasteiger partial charge in [0, 0.05) is 36.8 Å². The van der Waals surface area contributed by atoms with Crippen LogP contribution in [0.3, 0.4) is 0 Å². The largest absolute Gasteiger partial charge is 0.494 e. The highest BCUT2D eigenvalue weighted by molar-refractivity contribution is 5.67. The van der Waals surface area contributed by atoms with Crippen molar-refractivity contribution in [2.45, 2.75) is 6.92 Å². The van der Waals surface area contributed by atoms with E-state index >= 15 is 0 Å². The molecule has 2 N–H and O–H groups in total. The Morgan fingerprint density at radius 2 is 1.92 bits per heavy atom. The zero-order chi connectivity index (χ0) is 16.8. The van der Waals surface area contributed by atoms with E-state index < -0.39 is 0 Å². The second-order valence-corrected chi connectivity index (χ2v) is 5.04. The number of benzene rings is 1. The summed E-state index contributed by atoms with van der Waals surface area (Å²) in [6.45, 7) is 2.62. The first-order valence-electron chi connectivity index (χ1n) is 7.75. The Bertz CT molecular complexity index is 790. The third-order valence-corrected chi connectivity index (χ3v) is 3.34. The monoisotopic (exact) mass is 321 g/mol. The second-order valence-electron chi connectivity index (χ2n) is 5.04. The number of nitrogens with one attached hydrogen (secondary N) is 2. The fourth-order valence-electron chi connectivity index (χ4n) is 2.23. The van der Waals surface area contributed by atoms with Crippen molar-refractivity contribution in [1.29, 1.82) is 0 Å². The molecule has 24 heavy (non-hydrogen) atoms. The number of aromatic nitrogens is 3. The summed E-state index contributed by atoms with van der Waals surface area (Å²) in [7, 11) is 1.79. The smallest absolute Gasteiger partial charge is 0.224 e. The van der Waals surface area contributed by atoms with Crippen molar-refractivity contribution >= 4 is 17.5 Å². The molecule has 122 valence electrons. The molecule has 0 spiro atoms. The Labute approximate surface area is 141 Å².